The van der Waals surface area contributed by atoms with Gasteiger partial charge in [0.15, 0.2) is 0 Å². The number of amides is 1. The van der Waals surface area contributed by atoms with E-state index < -0.39 is 18.2 Å². The van der Waals surface area contributed by atoms with E-state index in [0.29, 0.717) is 17.0 Å². The second-order valence-electron chi connectivity index (χ2n) is 9.83. The summed E-state index contributed by atoms with van der Waals surface area (Å²) in [5.41, 5.74) is 2.90. The maximum Gasteiger partial charge on any atom is 0.490 e. The van der Waals surface area contributed by atoms with E-state index in [1.807, 2.05) is 31.3 Å². The number of nitrogens with one attached hydrogen (secondary N) is 3. The number of halogens is 4. The molecule has 1 aromatic heterocycles. The molecule has 3 N–H and O–H groups in total. The quantitative estimate of drug-likeness (QED) is 0.259. The zero-order valence-corrected chi connectivity index (χ0v) is 21.8. The van der Waals surface area contributed by atoms with E-state index in [-0.39, 0.29) is 24.4 Å². The molecule has 204 valence electrons. The Labute approximate surface area is 224 Å². The average Bonchev–Trinajstić information content (AvgIpc) is 3.29. The second kappa shape index (κ2) is 12.2. The highest BCUT2D eigenvalue weighted by atomic mass is 35.5. The van der Waals surface area contributed by atoms with Crippen LogP contribution in [0.4, 0.5) is 18.9 Å². The molecule has 1 aliphatic rings. The Morgan fingerprint density at radius 1 is 1.13 bits per heavy atom. The van der Waals surface area contributed by atoms with Gasteiger partial charge in [-0.15, -0.1) is 0 Å². The van der Waals surface area contributed by atoms with Crippen molar-refractivity contribution in [3.05, 3.63) is 64.8 Å². The summed E-state index contributed by atoms with van der Waals surface area (Å²) in [4.78, 5) is 27.6. The summed E-state index contributed by atoms with van der Waals surface area (Å²) < 4.78 is 43.4. The summed E-state index contributed by atoms with van der Waals surface area (Å²) in [5, 5.41) is 7.54. The molecule has 2 atom stereocenters. The van der Waals surface area contributed by atoms with Gasteiger partial charge in [0.2, 0.25) is 5.91 Å². The Kier molecular flexibility index (Phi) is 8.99. The molecular formula is C28H31ClF3N3O3. The van der Waals surface area contributed by atoms with E-state index >= 15 is 0 Å². The Hall–Kier alpha value is -3.04. The molecule has 0 bridgehead atoms. The summed E-state index contributed by atoms with van der Waals surface area (Å²) in [5.74, 6) is -2.17. The minimum Gasteiger partial charge on any atom is -0.449 e. The topological polar surface area (TPSA) is 83.2 Å². The monoisotopic (exact) mass is 549 g/mol. The highest BCUT2D eigenvalue weighted by Crippen LogP contribution is 2.30. The highest BCUT2D eigenvalue weighted by Gasteiger charge is 2.42. The number of esters is 1. The van der Waals surface area contributed by atoms with Crippen LogP contribution in [0, 0.1) is 5.92 Å². The summed E-state index contributed by atoms with van der Waals surface area (Å²) in [6.45, 7) is 1.86. The number of carbonyl (C=O) groups is 2. The van der Waals surface area contributed by atoms with Crippen molar-refractivity contribution in [3.63, 3.8) is 0 Å². The Balaban J connectivity index is 1.42. The lowest BCUT2D eigenvalue weighted by Gasteiger charge is -2.22. The van der Waals surface area contributed by atoms with Crippen LogP contribution in [0.25, 0.3) is 10.9 Å². The molecule has 1 amide bonds. The van der Waals surface area contributed by atoms with E-state index in [2.05, 4.69) is 15.6 Å². The third-order valence-electron chi connectivity index (χ3n) is 6.91. The fourth-order valence-corrected chi connectivity index (χ4v) is 5.12. The van der Waals surface area contributed by atoms with Crippen molar-refractivity contribution >= 4 is 40.1 Å². The van der Waals surface area contributed by atoms with Crippen LogP contribution in [0.5, 0.6) is 0 Å². The maximum absolute atomic E-state index is 12.9. The molecule has 0 saturated heterocycles. The Morgan fingerprint density at radius 3 is 2.58 bits per heavy atom. The number of para-hydroxylation sites is 1. The van der Waals surface area contributed by atoms with Crippen LogP contribution in [0.2, 0.25) is 5.02 Å². The number of alkyl halides is 3. The number of fused-ring (bicyclic) bond motifs is 1. The zero-order valence-electron chi connectivity index (χ0n) is 21.0. The molecule has 0 aliphatic heterocycles. The van der Waals surface area contributed by atoms with E-state index in [0.717, 1.165) is 47.8 Å². The molecule has 6 nitrogen and oxygen atoms in total. The molecule has 1 aliphatic carbocycles. The molecule has 4 rings (SSSR count). The van der Waals surface area contributed by atoms with Crippen molar-refractivity contribution in [1.29, 1.82) is 0 Å². The van der Waals surface area contributed by atoms with Gasteiger partial charge in [0.05, 0.1) is 11.2 Å². The lowest BCUT2D eigenvalue weighted by Crippen LogP contribution is -2.35. The first-order valence-corrected chi connectivity index (χ1v) is 13.2. The molecule has 10 heteroatoms. The normalized spacial score (nSPS) is 16.2. The van der Waals surface area contributed by atoms with Crippen LogP contribution in [0.3, 0.4) is 0 Å². The van der Waals surface area contributed by atoms with Crippen molar-refractivity contribution in [3.8, 4) is 0 Å². The number of carbonyl (C=O) groups excluding carboxylic acids is 2. The number of hydrogen-bond acceptors (Lipinski definition) is 4. The van der Waals surface area contributed by atoms with Gasteiger partial charge in [-0.2, -0.15) is 13.2 Å². The average molecular weight is 550 g/mol. The number of hydrogen-bond donors (Lipinski definition) is 3. The van der Waals surface area contributed by atoms with Gasteiger partial charge in [-0.25, -0.2) is 4.79 Å². The van der Waals surface area contributed by atoms with Gasteiger partial charge >= 0.3 is 12.1 Å². The van der Waals surface area contributed by atoms with Gasteiger partial charge in [0.25, 0.3) is 0 Å². The summed E-state index contributed by atoms with van der Waals surface area (Å²) >= 11 is 6.00. The number of anilines is 1. The van der Waals surface area contributed by atoms with Crippen molar-refractivity contribution in [2.24, 2.45) is 5.92 Å². The van der Waals surface area contributed by atoms with Crippen molar-refractivity contribution in [2.45, 2.75) is 63.8 Å². The van der Waals surface area contributed by atoms with Gasteiger partial charge in [-0.3, -0.25) is 4.79 Å². The zero-order chi connectivity index (χ0) is 27.3. The number of ether oxygens (including phenoxy) is 1. The molecule has 1 fully saturated rings. The largest absolute Gasteiger partial charge is 0.490 e. The number of aromatic amines is 1. The van der Waals surface area contributed by atoms with Crippen LogP contribution >= 0.6 is 11.6 Å². The van der Waals surface area contributed by atoms with E-state index in [1.54, 1.807) is 18.2 Å². The van der Waals surface area contributed by atoms with Crippen LogP contribution in [0.15, 0.2) is 48.7 Å². The summed E-state index contributed by atoms with van der Waals surface area (Å²) in [6, 6.07) is 11.8. The van der Waals surface area contributed by atoms with Gasteiger partial charge in [0, 0.05) is 35.1 Å². The lowest BCUT2D eigenvalue weighted by molar-refractivity contribution is -0.205. The molecule has 3 aromatic rings. The first-order chi connectivity index (χ1) is 18.1. The van der Waals surface area contributed by atoms with Gasteiger partial charge in [0.1, 0.15) is 6.10 Å². The van der Waals surface area contributed by atoms with Crippen molar-refractivity contribution < 1.29 is 27.5 Å². The lowest BCUT2D eigenvalue weighted by atomic mass is 9.88. The van der Waals surface area contributed by atoms with Crippen molar-refractivity contribution in [2.75, 3.05) is 11.9 Å². The Morgan fingerprint density at radius 2 is 1.87 bits per heavy atom. The van der Waals surface area contributed by atoms with E-state index in [4.69, 9.17) is 16.3 Å². The summed E-state index contributed by atoms with van der Waals surface area (Å²) in [7, 11) is 0. The molecule has 0 spiro atoms. The molecule has 1 saturated carbocycles. The van der Waals surface area contributed by atoms with Crippen LogP contribution in [-0.2, 0) is 20.7 Å². The molecule has 2 aromatic carbocycles. The van der Waals surface area contributed by atoms with Gasteiger partial charge < -0.3 is 20.4 Å². The Bertz CT molecular complexity index is 1270. The van der Waals surface area contributed by atoms with Crippen molar-refractivity contribution in [1.82, 2.24) is 10.3 Å². The predicted molar refractivity (Wildman–Crippen MR) is 141 cm³/mol. The van der Waals surface area contributed by atoms with Crippen LogP contribution < -0.4 is 10.6 Å². The molecule has 1 heterocycles. The maximum atomic E-state index is 12.9. The fraction of sp³-hybridized carbons (Fsp3) is 0.429. The molecule has 38 heavy (non-hydrogen) atoms. The fourth-order valence-electron chi connectivity index (χ4n) is 4.93. The highest BCUT2D eigenvalue weighted by molar-refractivity contribution is 6.30. The number of H-pyrrole nitrogens is 1. The smallest absolute Gasteiger partial charge is 0.449 e. The molecule has 0 radical (unpaired) electrons. The van der Waals surface area contributed by atoms with Crippen LogP contribution in [-0.4, -0.2) is 35.6 Å². The van der Waals surface area contributed by atoms with E-state index in [9.17, 15) is 22.8 Å². The third kappa shape index (κ3) is 7.08. The number of benzene rings is 2. The van der Waals surface area contributed by atoms with Gasteiger partial charge in [-0.1, -0.05) is 55.1 Å². The number of rotatable bonds is 9. The summed E-state index contributed by atoms with van der Waals surface area (Å²) in [6.07, 6.45) is 1.31. The molecular weight excluding hydrogens is 519 g/mol. The van der Waals surface area contributed by atoms with Crippen LogP contribution in [0.1, 0.15) is 56.3 Å². The predicted octanol–water partition coefficient (Wildman–Crippen LogP) is 6.71. The first kappa shape index (κ1) is 28.0. The van der Waals surface area contributed by atoms with Gasteiger partial charge in [-0.05, 0) is 55.5 Å². The second-order valence-corrected chi connectivity index (χ2v) is 10.3. The third-order valence-corrected chi connectivity index (χ3v) is 7.15. The SMILES string of the molecule is C[C@H](Cc1c[nH]c2c(NC(=O)C3CCCCC3)cccc12)NC[C@H](OC(=O)C(F)(F)F)c1cccc(Cl)c1. The van der Waals surface area contributed by atoms with E-state index in [1.165, 1.54) is 12.5 Å². The first-order valence-electron chi connectivity index (χ1n) is 12.8. The minimum atomic E-state index is -5.10. The number of aromatic nitrogens is 1. The molecule has 0 unspecified atom stereocenters. The standard InChI is InChI=1S/C28H31ClF3N3O3/c1-17(33-16-24(38-27(37)28(30,31)32)19-9-5-10-21(29)14-19)13-20-15-34-25-22(20)11-6-12-23(25)35-26(36)18-7-3-2-4-8-18/h5-6,9-12,14-15,17-18,24,33-34H,2-4,7-8,13,16H2,1H3,(H,35,36)/t17-,24+/m1/s1. The minimum absolute atomic E-state index is 0.0334.